The number of urea groups is 1. The van der Waals surface area contributed by atoms with Gasteiger partial charge in [0.05, 0.1) is 6.54 Å². The molecule has 0 aliphatic carbocycles. The van der Waals surface area contributed by atoms with Gasteiger partial charge in [0.25, 0.3) is 0 Å². The Bertz CT molecular complexity index is 1170. The number of aromatic nitrogens is 1. The largest absolute Gasteiger partial charge is 0.366 e. The average molecular weight is 431 g/mol. The number of nitrogens with zero attached hydrogens (tertiary/aromatic N) is 3. The maximum atomic E-state index is 13.2. The van der Waals surface area contributed by atoms with Crippen molar-refractivity contribution >= 4 is 28.5 Å². The zero-order chi connectivity index (χ0) is 22.2. The fourth-order valence-corrected chi connectivity index (χ4v) is 5.14. The third-order valence-corrected chi connectivity index (χ3v) is 6.96. The van der Waals surface area contributed by atoms with Gasteiger partial charge in [0.15, 0.2) is 0 Å². The number of benzene rings is 2. The lowest BCUT2D eigenvalue weighted by molar-refractivity contribution is -0.131. The van der Waals surface area contributed by atoms with Crippen LogP contribution >= 0.6 is 0 Å². The molecule has 6 nitrogen and oxygen atoms in total. The summed E-state index contributed by atoms with van der Waals surface area (Å²) >= 11 is 0. The standard InChI is InChI=1S/C26H30N4O2/c1-18-6-5-8-22-21(16-27-25(18)22)10-13-28-14-12-24(31)30(26(28)32)17-19(2)29-15-11-20-7-3-4-9-23(20)29/h3-9,16,19,27H,10-15,17H2,1-2H3. The highest BCUT2D eigenvalue weighted by Gasteiger charge is 2.34. The number of aryl methyl sites for hydroxylation is 1. The van der Waals surface area contributed by atoms with E-state index in [-0.39, 0.29) is 18.0 Å². The number of carbonyl (C=O) groups excluding carboxylic acids is 2. The van der Waals surface area contributed by atoms with E-state index in [1.54, 1.807) is 0 Å². The topological polar surface area (TPSA) is 59.7 Å². The summed E-state index contributed by atoms with van der Waals surface area (Å²) in [7, 11) is 0. The van der Waals surface area contributed by atoms with Gasteiger partial charge >= 0.3 is 6.03 Å². The summed E-state index contributed by atoms with van der Waals surface area (Å²) in [5, 5.41) is 1.21. The molecule has 1 fully saturated rings. The zero-order valence-corrected chi connectivity index (χ0v) is 18.8. The molecule has 1 saturated heterocycles. The number of fused-ring (bicyclic) bond motifs is 2. The third-order valence-electron chi connectivity index (χ3n) is 6.96. The molecule has 2 aliphatic heterocycles. The second-order valence-electron chi connectivity index (χ2n) is 9.01. The highest BCUT2D eigenvalue weighted by molar-refractivity contribution is 5.97. The second kappa shape index (κ2) is 8.34. The normalized spacial score (nSPS) is 17.4. The van der Waals surface area contributed by atoms with E-state index in [9.17, 15) is 9.59 Å². The first-order valence-corrected chi connectivity index (χ1v) is 11.5. The number of H-pyrrole nitrogens is 1. The molecule has 5 rings (SSSR count). The van der Waals surface area contributed by atoms with Crippen molar-refractivity contribution in [1.29, 1.82) is 0 Å². The molecule has 0 saturated carbocycles. The first-order chi connectivity index (χ1) is 15.5. The lowest BCUT2D eigenvalue weighted by Gasteiger charge is -2.37. The molecule has 3 heterocycles. The van der Waals surface area contributed by atoms with Gasteiger partial charge in [-0.15, -0.1) is 0 Å². The summed E-state index contributed by atoms with van der Waals surface area (Å²) in [6.07, 6.45) is 4.22. The fraction of sp³-hybridized carbons (Fsp3) is 0.385. The van der Waals surface area contributed by atoms with Gasteiger partial charge in [-0.1, -0.05) is 36.4 Å². The van der Waals surface area contributed by atoms with Crippen molar-refractivity contribution in [3.8, 4) is 0 Å². The van der Waals surface area contributed by atoms with Crippen molar-refractivity contribution in [2.45, 2.75) is 39.2 Å². The molecule has 6 heteroatoms. The molecular weight excluding hydrogens is 400 g/mol. The minimum atomic E-state index is -0.156. The van der Waals surface area contributed by atoms with Crippen LogP contribution in [0.5, 0.6) is 0 Å². The maximum Gasteiger partial charge on any atom is 0.326 e. The number of anilines is 1. The van der Waals surface area contributed by atoms with Crippen LogP contribution in [0.2, 0.25) is 0 Å². The third kappa shape index (κ3) is 3.64. The molecule has 2 aliphatic rings. The highest BCUT2D eigenvalue weighted by Crippen LogP contribution is 2.30. The Hall–Kier alpha value is -3.28. The first kappa shape index (κ1) is 20.6. The van der Waals surface area contributed by atoms with Crippen LogP contribution in [-0.4, -0.2) is 58.9 Å². The minimum Gasteiger partial charge on any atom is -0.366 e. The van der Waals surface area contributed by atoms with Crippen molar-refractivity contribution in [3.05, 3.63) is 65.4 Å². The van der Waals surface area contributed by atoms with Gasteiger partial charge in [0.2, 0.25) is 5.91 Å². The highest BCUT2D eigenvalue weighted by atomic mass is 16.2. The number of carbonyl (C=O) groups is 2. The minimum absolute atomic E-state index is 0.0618. The summed E-state index contributed by atoms with van der Waals surface area (Å²) in [6, 6.07) is 14.6. The van der Waals surface area contributed by atoms with E-state index in [1.807, 2.05) is 11.1 Å². The Morgan fingerprint density at radius 3 is 2.75 bits per heavy atom. The summed E-state index contributed by atoms with van der Waals surface area (Å²) in [4.78, 5) is 34.8. The lowest BCUT2D eigenvalue weighted by atomic mass is 10.1. The quantitative estimate of drug-likeness (QED) is 0.640. The number of aromatic amines is 1. The van der Waals surface area contributed by atoms with E-state index in [0.29, 0.717) is 26.1 Å². The van der Waals surface area contributed by atoms with Gasteiger partial charge in [-0.05, 0) is 49.4 Å². The number of amides is 3. The van der Waals surface area contributed by atoms with Crippen LogP contribution in [0.25, 0.3) is 10.9 Å². The molecule has 32 heavy (non-hydrogen) atoms. The van der Waals surface area contributed by atoms with E-state index in [2.05, 4.69) is 66.2 Å². The van der Waals surface area contributed by atoms with Gasteiger partial charge < -0.3 is 14.8 Å². The Labute approximate surface area is 188 Å². The fourth-order valence-electron chi connectivity index (χ4n) is 5.14. The van der Waals surface area contributed by atoms with E-state index >= 15 is 0 Å². The number of nitrogens with one attached hydrogen (secondary N) is 1. The molecule has 1 N–H and O–H groups in total. The molecule has 0 radical (unpaired) electrons. The zero-order valence-electron chi connectivity index (χ0n) is 18.8. The molecule has 3 amide bonds. The van der Waals surface area contributed by atoms with Crippen molar-refractivity contribution in [2.24, 2.45) is 0 Å². The monoisotopic (exact) mass is 430 g/mol. The summed E-state index contributed by atoms with van der Waals surface area (Å²) in [5.41, 5.74) is 6.15. The van der Waals surface area contributed by atoms with Gasteiger partial charge in [-0.2, -0.15) is 0 Å². The average Bonchev–Trinajstić information content (AvgIpc) is 3.41. The van der Waals surface area contributed by atoms with Crippen molar-refractivity contribution in [1.82, 2.24) is 14.8 Å². The molecular formula is C26H30N4O2. The number of hydrogen-bond donors (Lipinski definition) is 1. The summed E-state index contributed by atoms with van der Waals surface area (Å²) < 4.78 is 0. The predicted octanol–water partition coefficient (Wildman–Crippen LogP) is 4.12. The van der Waals surface area contributed by atoms with Crippen molar-refractivity contribution < 1.29 is 9.59 Å². The van der Waals surface area contributed by atoms with Crippen LogP contribution in [0.3, 0.4) is 0 Å². The van der Waals surface area contributed by atoms with Crippen LogP contribution < -0.4 is 4.90 Å². The molecule has 1 aromatic heterocycles. The number of imide groups is 1. The Morgan fingerprint density at radius 2 is 1.88 bits per heavy atom. The molecule has 0 bridgehead atoms. The first-order valence-electron chi connectivity index (χ1n) is 11.5. The number of para-hydroxylation sites is 2. The van der Waals surface area contributed by atoms with Gasteiger partial charge in [-0.3, -0.25) is 9.69 Å². The molecule has 166 valence electrons. The van der Waals surface area contributed by atoms with E-state index in [1.165, 1.54) is 32.7 Å². The summed E-state index contributed by atoms with van der Waals surface area (Å²) in [6.45, 7) is 6.67. The summed E-state index contributed by atoms with van der Waals surface area (Å²) in [5.74, 6) is -0.0618. The predicted molar refractivity (Wildman–Crippen MR) is 127 cm³/mol. The van der Waals surface area contributed by atoms with E-state index in [0.717, 1.165) is 24.9 Å². The van der Waals surface area contributed by atoms with Gasteiger partial charge in [-0.25, -0.2) is 4.79 Å². The molecule has 1 atom stereocenters. The van der Waals surface area contributed by atoms with E-state index < -0.39 is 0 Å². The van der Waals surface area contributed by atoms with Crippen molar-refractivity contribution in [3.63, 3.8) is 0 Å². The van der Waals surface area contributed by atoms with Crippen LogP contribution in [0.1, 0.15) is 30.0 Å². The Morgan fingerprint density at radius 1 is 1.03 bits per heavy atom. The van der Waals surface area contributed by atoms with Crippen LogP contribution in [0.15, 0.2) is 48.7 Å². The SMILES string of the molecule is Cc1cccc2c(CCN3CCC(=O)N(CC(C)N4CCc5ccccc54)C3=O)c[nH]c12. The smallest absolute Gasteiger partial charge is 0.326 e. The Kier molecular flexibility index (Phi) is 5.37. The van der Waals surface area contributed by atoms with E-state index in [4.69, 9.17) is 0 Å². The van der Waals surface area contributed by atoms with Crippen molar-refractivity contribution in [2.75, 3.05) is 31.1 Å². The van der Waals surface area contributed by atoms with Gasteiger partial charge in [0.1, 0.15) is 0 Å². The molecule has 0 spiro atoms. The second-order valence-corrected chi connectivity index (χ2v) is 9.01. The lowest BCUT2D eigenvalue weighted by Crippen LogP contribution is -2.56. The van der Waals surface area contributed by atoms with Crippen LogP contribution in [-0.2, 0) is 17.6 Å². The van der Waals surface area contributed by atoms with Crippen LogP contribution in [0, 0.1) is 6.92 Å². The van der Waals surface area contributed by atoms with Crippen LogP contribution in [0.4, 0.5) is 10.5 Å². The molecule has 3 aromatic rings. The van der Waals surface area contributed by atoms with Gasteiger partial charge in [0, 0.05) is 54.9 Å². The number of rotatable bonds is 6. The Balaban J connectivity index is 1.26. The number of hydrogen-bond acceptors (Lipinski definition) is 3. The maximum absolute atomic E-state index is 13.2. The molecule has 2 aromatic carbocycles. The molecule has 1 unspecified atom stereocenters.